The number of nitriles is 1. The van der Waals surface area contributed by atoms with Crippen molar-refractivity contribution in [2.24, 2.45) is 7.05 Å². The largest absolute Gasteiger partial charge is 0.473 e. The van der Waals surface area contributed by atoms with Crippen LogP contribution in [0.15, 0.2) is 66.9 Å². The molecule has 2 aromatic carbocycles. The Morgan fingerprint density at radius 1 is 1.05 bits per heavy atom. The predicted octanol–water partition coefficient (Wildman–Crippen LogP) is 3.21. The second-order valence-electron chi connectivity index (χ2n) is 8.64. The number of carboxylic acid groups (broad SMARTS) is 2. The third kappa shape index (κ3) is 8.12. The van der Waals surface area contributed by atoms with E-state index in [9.17, 15) is 9.59 Å². The summed E-state index contributed by atoms with van der Waals surface area (Å²) in [7, 11) is 1.92. The number of carbonyl (C=O) groups excluding carboxylic acids is 2. The van der Waals surface area contributed by atoms with Gasteiger partial charge in [0, 0.05) is 31.0 Å². The lowest BCUT2D eigenvalue weighted by molar-refractivity contribution is -0.159. The van der Waals surface area contributed by atoms with Crippen molar-refractivity contribution in [1.29, 1.82) is 5.26 Å². The van der Waals surface area contributed by atoms with Crippen molar-refractivity contribution in [1.82, 2.24) is 14.5 Å². The molecule has 3 N–H and O–H groups in total. The van der Waals surface area contributed by atoms with Crippen molar-refractivity contribution >= 4 is 46.4 Å². The highest BCUT2D eigenvalue weighted by atomic mass is 16.5. The molecule has 0 radical (unpaired) electrons. The highest BCUT2D eigenvalue weighted by molar-refractivity contribution is 6.27. The number of amides is 1. The van der Waals surface area contributed by atoms with Gasteiger partial charge in [-0.25, -0.2) is 19.6 Å². The van der Waals surface area contributed by atoms with Crippen LogP contribution in [0.25, 0.3) is 11.0 Å². The molecule has 1 amide bonds. The molecule has 13 heteroatoms. The van der Waals surface area contributed by atoms with Gasteiger partial charge >= 0.3 is 17.9 Å². The number of aryl methyl sites for hydroxylation is 1. The fourth-order valence-corrected chi connectivity index (χ4v) is 3.81. The first kappa shape index (κ1) is 30.8. The van der Waals surface area contributed by atoms with Crippen LogP contribution < -0.4 is 10.2 Å². The van der Waals surface area contributed by atoms with Crippen molar-refractivity contribution in [3.63, 3.8) is 0 Å². The van der Waals surface area contributed by atoms with Crippen molar-refractivity contribution in [3.8, 4) is 6.07 Å². The van der Waals surface area contributed by atoms with E-state index in [4.69, 9.17) is 34.8 Å². The lowest BCUT2D eigenvalue weighted by atomic mass is 10.1. The van der Waals surface area contributed by atoms with Gasteiger partial charge in [0.15, 0.2) is 0 Å². The number of carboxylic acids is 2. The number of anilines is 2. The van der Waals surface area contributed by atoms with Gasteiger partial charge in [-0.2, -0.15) is 5.26 Å². The summed E-state index contributed by atoms with van der Waals surface area (Å²) in [5, 5.41) is 27.0. The Kier molecular flexibility index (Phi) is 10.7. The number of rotatable bonds is 9. The third-order valence-corrected chi connectivity index (χ3v) is 5.88. The summed E-state index contributed by atoms with van der Waals surface area (Å²) >= 11 is 0. The molecule has 0 aliphatic carbocycles. The van der Waals surface area contributed by atoms with Crippen LogP contribution in [0.1, 0.15) is 35.1 Å². The van der Waals surface area contributed by atoms with E-state index >= 15 is 0 Å². The first-order valence-electron chi connectivity index (χ1n) is 12.7. The first-order chi connectivity index (χ1) is 20.1. The molecule has 2 aromatic heterocycles. The molecule has 216 valence electrons. The predicted molar refractivity (Wildman–Crippen MR) is 152 cm³/mol. The summed E-state index contributed by atoms with van der Waals surface area (Å²) in [5.41, 5.74) is 3.50. The Bertz CT molecular complexity index is 1600. The number of aromatic nitrogens is 3. The summed E-state index contributed by atoms with van der Waals surface area (Å²) in [5.74, 6) is -3.04. The zero-order chi connectivity index (χ0) is 30.6. The average molecular weight is 573 g/mol. The van der Waals surface area contributed by atoms with Crippen molar-refractivity contribution in [3.05, 3.63) is 83.8 Å². The lowest BCUT2D eigenvalue weighted by Gasteiger charge is -2.21. The summed E-state index contributed by atoms with van der Waals surface area (Å²) < 4.78 is 6.99. The molecular formula is C29H28N6O7. The molecule has 42 heavy (non-hydrogen) atoms. The molecule has 0 fully saturated rings. The number of nitrogens with one attached hydrogen (secondary N) is 1. The van der Waals surface area contributed by atoms with Crippen molar-refractivity contribution in [2.75, 3.05) is 23.4 Å². The quantitative estimate of drug-likeness (QED) is 0.197. The monoisotopic (exact) mass is 572 g/mol. The first-order valence-corrected chi connectivity index (χ1v) is 12.7. The molecule has 0 aliphatic heterocycles. The maximum absolute atomic E-state index is 13.5. The number of pyridine rings is 1. The van der Waals surface area contributed by atoms with Crippen LogP contribution in [0.3, 0.4) is 0 Å². The van der Waals surface area contributed by atoms with E-state index in [0.29, 0.717) is 29.0 Å². The minimum absolute atomic E-state index is 0.0626. The van der Waals surface area contributed by atoms with Crippen molar-refractivity contribution < 1.29 is 34.1 Å². The molecule has 0 unspecified atom stereocenters. The van der Waals surface area contributed by atoms with Gasteiger partial charge in [0.05, 0.1) is 42.2 Å². The number of ether oxygens (including phenoxy) is 1. The van der Waals surface area contributed by atoms with E-state index in [1.165, 1.54) is 4.90 Å². The van der Waals surface area contributed by atoms with Crippen LogP contribution in [0, 0.1) is 11.3 Å². The van der Waals surface area contributed by atoms with E-state index in [1.54, 1.807) is 55.6 Å². The molecule has 4 rings (SSSR count). The number of esters is 1. The van der Waals surface area contributed by atoms with Gasteiger partial charge in [-0.15, -0.1) is 0 Å². The Labute approximate surface area is 240 Å². The standard InChI is InChI=1S/C27H26N6O3.C2H2O4/c1-3-36-26(34)13-15-33(24-6-4-5-14-29-24)27(35)20-9-12-23-22(16-20)31-25(32(23)2)18-30-21-10-7-19(17-28)8-11-21;3-1(4)2(5)6/h4-12,14,16,30H,3,13,15,18H2,1-2H3;(H,3,4)(H,5,6). The number of aliphatic carboxylic acids is 2. The maximum atomic E-state index is 13.5. The topological polar surface area (TPSA) is 188 Å². The Morgan fingerprint density at radius 2 is 1.76 bits per heavy atom. The molecule has 13 nitrogen and oxygen atoms in total. The Morgan fingerprint density at radius 3 is 2.36 bits per heavy atom. The molecule has 0 atom stereocenters. The van der Waals surface area contributed by atoms with Gasteiger partial charge in [0.2, 0.25) is 0 Å². The van der Waals surface area contributed by atoms with Gasteiger partial charge in [-0.05, 0) is 61.5 Å². The second-order valence-corrected chi connectivity index (χ2v) is 8.64. The summed E-state index contributed by atoms with van der Waals surface area (Å²) in [6.07, 6.45) is 1.67. The van der Waals surface area contributed by atoms with E-state index < -0.39 is 11.9 Å². The summed E-state index contributed by atoms with van der Waals surface area (Å²) in [6.45, 7) is 2.65. The zero-order valence-electron chi connectivity index (χ0n) is 22.9. The average Bonchev–Trinajstić information content (AvgIpc) is 3.31. The van der Waals surface area contributed by atoms with Crippen LogP contribution in [-0.2, 0) is 32.7 Å². The third-order valence-electron chi connectivity index (χ3n) is 5.88. The summed E-state index contributed by atoms with van der Waals surface area (Å²) in [6, 6.07) is 20.0. The highest BCUT2D eigenvalue weighted by Crippen LogP contribution is 2.21. The van der Waals surface area contributed by atoms with Crippen molar-refractivity contribution in [2.45, 2.75) is 19.9 Å². The fourth-order valence-electron chi connectivity index (χ4n) is 3.81. The highest BCUT2D eigenvalue weighted by Gasteiger charge is 2.21. The fraction of sp³-hybridized carbons (Fsp3) is 0.207. The number of benzene rings is 2. The zero-order valence-corrected chi connectivity index (χ0v) is 22.9. The van der Waals surface area contributed by atoms with Crippen LogP contribution in [0.5, 0.6) is 0 Å². The van der Waals surface area contributed by atoms with E-state index in [1.807, 2.05) is 29.8 Å². The SMILES string of the molecule is CCOC(=O)CCN(C(=O)c1ccc2c(c1)nc(CNc1ccc(C#N)cc1)n2C)c1ccccn1.O=C(O)C(=O)O. The normalized spacial score (nSPS) is 10.1. The maximum Gasteiger partial charge on any atom is 0.414 e. The molecule has 4 aromatic rings. The minimum Gasteiger partial charge on any atom is -0.473 e. The lowest BCUT2D eigenvalue weighted by Crippen LogP contribution is -2.34. The number of fused-ring (bicyclic) bond motifs is 1. The Balaban J connectivity index is 0.000000730. The van der Waals surface area contributed by atoms with Gasteiger partial charge in [0.1, 0.15) is 11.6 Å². The van der Waals surface area contributed by atoms with E-state index in [-0.39, 0.29) is 31.4 Å². The van der Waals surface area contributed by atoms with E-state index in [0.717, 1.165) is 17.0 Å². The second kappa shape index (κ2) is 14.6. The molecule has 0 bridgehead atoms. The van der Waals surface area contributed by atoms with Crippen LogP contribution >= 0.6 is 0 Å². The van der Waals surface area contributed by atoms with Gasteiger partial charge < -0.3 is 24.8 Å². The van der Waals surface area contributed by atoms with Gasteiger partial charge in [0.25, 0.3) is 5.91 Å². The molecule has 2 heterocycles. The number of carbonyl (C=O) groups is 4. The number of imidazole rings is 1. The number of hydrogen-bond acceptors (Lipinski definition) is 9. The molecule has 0 spiro atoms. The van der Waals surface area contributed by atoms with Gasteiger partial charge in [-0.1, -0.05) is 6.07 Å². The molecule has 0 aliphatic rings. The Hall–Kier alpha value is -5.77. The van der Waals surface area contributed by atoms with Crippen LogP contribution in [0.2, 0.25) is 0 Å². The van der Waals surface area contributed by atoms with Crippen LogP contribution in [-0.4, -0.2) is 61.7 Å². The number of nitrogens with zero attached hydrogens (tertiary/aromatic N) is 5. The van der Waals surface area contributed by atoms with E-state index in [2.05, 4.69) is 16.4 Å². The van der Waals surface area contributed by atoms with Crippen LogP contribution in [0.4, 0.5) is 11.5 Å². The smallest absolute Gasteiger partial charge is 0.414 e. The van der Waals surface area contributed by atoms with Gasteiger partial charge in [-0.3, -0.25) is 14.5 Å². The number of hydrogen-bond donors (Lipinski definition) is 3. The molecule has 0 saturated heterocycles. The molecular weight excluding hydrogens is 544 g/mol. The minimum atomic E-state index is -1.82. The summed E-state index contributed by atoms with van der Waals surface area (Å²) in [4.78, 5) is 54.1. The molecule has 0 saturated carbocycles.